The summed E-state index contributed by atoms with van der Waals surface area (Å²) in [5, 5.41) is 18.0. The first-order valence-corrected chi connectivity index (χ1v) is 6.40. The van der Waals surface area contributed by atoms with Gasteiger partial charge in [0.05, 0.1) is 11.1 Å². The van der Waals surface area contributed by atoms with Crippen LogP contribution in [-0.2, 0) is 6.54 Å². The van der Waals surface area contributed by atoms with Crippen molar-refractivity contribution in [3.8, 4) is 0 Å². The molecule has 7 nitrogen and oxygen atoms in total. The molecule has 2 heterocycles. The minimum absolute atomic E-state index is 0.0440. The lowest BCUT2D eigenvalue weighted by Gasteiger charge is -2.06. The van der Waals surface area contributed by atoms with Gasteiger partial charge in [-0.15, -0.1) is 0 Å². The Bertz CT molecular complexity index is 609. The van der Waals surface area contributed by atoms with Crippen molar-refractivity contribution in [1.29, 1.82) is 0 Å². The predicted molar refractivity (Wildman–Crippen MR) is 75.7 cm³/mol. The van der Waals surface area contributed by atoms with Crippen molar-refractivity contribution in [2.24, 2.45) is 0 Å². The van der Waals surface area contributed by atoms with E-state index in [0.29, 0.717) is 11.4 Å². The van der Waals surface area contributed by atoms with E-state index in [4.69, 9.17) is 0 Å². The van der Waals surface area contributed by atoms with Crippen LogP contribution < -0.4 is 5.32 Å². The maximum Gasteiger partial charge on any atom is 0.290 e. The fraction of sp³-hybridized carbons (Fsp3) is 0.385. The molecule has 0 saturated carbocycles. The number of pyridine rings is 1. The molecule has 2 aromatic heterocycles. The average Bonchev–Trinajstić information content (AvgIpc) is 2.80. The van der Waals surface area contributed by atoms with Gasteiger partial charge in [0.2, 0.25) is 0 Å². The van der Waals surface area contributed by atoms with Crippen molar-refractivity contribution in [3.63, 3.8) is 0 Å². The van der Waals surface area contributed by atoms with Crippen molar-refractivity contribution in [1.82, 2.24) is 14.8 Å². The molecule has 0 radical (unpaired) electrons. The van der Waals surface area contributed by atoms with Crippen molar-refractivity contribution < 1.29 is 4.92 Å². The van der Waals surface area contributed by atoms with E-state index >= 15 is 0 Å². The van der Waals surface area contributed by atoms with Gasteiger partial charge in [-0.3, -0.25) is 14.8 Å². The quantitative estimate of drug-likeness (QED) is 0.496. The van der Waals surface area contributed by atoms with Crippen molar-refractivity contribution in [2.75, 3.05) is 11.9 Å². The molecule has 0 aliphatic carbocycles. The van der Waals surface area contributed by atoms with E-state index < -0.39 is 4.92 Å². The third-order valence-electron chi connectivity index (χ3n) is 2.91. The van der Waals surface area contributed by atoms with E-state index in [-0.39, 0.29) is 5.69 Å². The second kappa shape index (κ2) is 6.14. The Morgan fingerprint density at radius 2 is 2.20 bits per heavy atom. The Kier molecular flexibility index (Phi) is 4.29. The van der Waals surface area contributed by atoms with Crippen LogP contribution in [0.15, 0.2) is 24.7 Å². The zero-order valence-electron chi connectivity index (χ0n) is 11.5. The summed E-state index contributed by atoms with van der Waals surface area (Å²) in [6, 6.07) is 1.69. The summed E-state index contributed by atoms with van der Waals surface area (Å²) in [6.45, 7) is 5.28. The molecule has 2 rings (SSSR count). The summed E-state index contributed by atoms with van der Waals surface area (Å²) in [5.41, 5.74) is 1.79. The average molecular weight is 275 g/mol. The molecule has 0 spiro atoms. The Morgan fingerprint density at radius 3 is 2.80 bits per heavy atom. The molecule has 2 aromatic rings. The second-order valence-corrected chi connectivity index (χ2v) is 4.67. The lowest BCUT2D eigenvalue weighted by atomic mass is 10.2. The summed E-state index contributed by atoms with van der Waals surface area (Å²) >= 11 is 0. The molecule has 106 valence electrons. The number of hydrogen-bond acceptors (Lipinski definition) is 5. The molecule has 7 heteroatoms. The number of nitrogens with one attached hydrogen (secondary N) is 1. The second-order valence-electron chi connectivity index (χ2n) is 4.67. The molecule has 1 N–H and O–H groups in total. The van der Waals surface area contributed by atoms with Crippen LogP contribution in [0.3, 0.4) is 0 Å². The van der Waals surface area contributed by atoms with Crippen molar-refractivity contribution in [3.05, 3.63) is 45.9 Å². The maximum atomic E-state index is 10.7. The van der Waals surface area contributed by atoms with Crippen LogP contribution in [0.4, 0.5) is 11.5 Å². The van der Waals surface area contributed by atoms with Crippen LogP contribution in [0.5, 0.6) is 0 Å². The van der Waals surface area contributed by atoms with Crippen LogP contribution in [0.1, 0.15) is 17.5 Å². The summed E-state index contributed by atoms with van der Waals surface area (Å²) in [4.78, 5) is 14.3. The molecule has 0 bridgehead atoms. The molecule has 0 aliphatic heterocycles. The van der Waals surface area contributed by atoms with Crippen LogP contribution >= 0.6 is 0 Å². The highest BCUT2D eigenvalue weighted by Crippen LogP contribution is 2.18. The third-order valence-corrected chi connectivity index (χ3v) is 2.91. The zero-order valence-corrected chi connectivity index (χ0v) is 11.5. The topological polar surface area (TPSA) is 85.9 Å². The fourth-order valence-electron chi connectivity index (χ4n) is 1.88. The van der Waals surface area contributed by atoms with Gasteiger partial charge in [-0.05, 0) is 31.9 Å². The van der Waals surface area contributed by atoms with E-state index in [0.717, 1.165) is 25.1 Å². The van der Waals surface area contributed by atoms with Gasteiger partial charge in [0.15, 0.2) is 0 Å². The molecule has 0 aromatic carbocycles. The standard InChI is InChI=1S/C13H17N5O2/c1-10-7-16-17(9-10)5-3-4-14-13-6-11(2)12(8-15-13)18(19)20/h6-9H,3-5H2,1-2H3,(H,14,15). The van der Waals surface area contributed by atoms with Gasteiger partial charge < -0.3 is 5.32 Å². The highest BCUT2D eigenvalue weighted by molar-refractivity contribution is 5.46. The van der Waals surface area contributed by atoms with E-state index in [1.54, 1.807) is 13.0 Å². The molecule has 0 amide bonds. The molecule has 0 aliphatic rings. The molecule has 0 saturated heterocycles. The number of hydrogen-bond donors (Lipinski definition) is 1. The van der Waals surface area contributed by atoms with Crippen molar-refractivity contribution >= 4 is 11.5 Å². The van der Waals surface area contributed by atoms with E-state index in [1.807, 2.05) is 24.0 Å². The molecule has 20 heavy (non-hydrogen) atoms. The zero-order chi connectivity index (χ0) is 14.5. The van der Waals surface area contributed by atoms with Gasteiger partial charge in [0.1, 0.15) is 12.0 Å². The maximum absolute atomic E-state index is 10.7. The predicted octanol–water partition coefficient (Wildman–Crippen LogP) is 2.31. The van der Waals surface area contributed by atoms with Gasteiger partial charge in [-0.2, -0.15) is 5.10 Å². The van der Waals surface area contributed by atoms with Gasteiger partial charge in [-0.25, -0.2) is 4.98 Å². The van der Waals surface area contributed by atoms with Gasteiger partial charge >= 0.3 is 0 Å². The highest BCUT2D eigenvalue weighted by atomic mass is 16.6. The highest BCUT2D eigenvalue weighted by Gasteiger charge is 2.10. The Labute approximate surface area is 116 Å². The van der Waals surface area contributed by atoms with Crippen LogP contribution in [0.25, 0.3) is 0 Å². The lowest BCUT2D eigenvalue weighted by molar-refractivity contribution is -0.385. The SMILES string of the molecule is Cc1cnn(CCCNc2cc(C)c([N+](=O)[O-])cn2)c1. The number of nitrogens with zero attached hydrogens (tertiary/aromatic N) is 4. The number of rotatable bonds is 6. The van der Waals surface area contributed by atoms with Crippen molar-refractivity contribution in [2.45, 2.75) is 26.8 Å². The van der Waals surface area contributed by atoms with Crippen LogP contribution in [0.2, 0.25) is 0 Å². The smallest absolute Gasteiger partial charge is 0.290 e. The summed E-state index contributed by atoms with van der Waals surface area (Å²) in [5.74, 6) is 0.657. The lowest BCUT2D eigenvalue weighted by Crippen LogP contribution is -2.08. The Morgan fingerprint density at radius 1 is 1.40 bits per heavy atom. The van der Waals surface area contributed by atoms with Gasteiger partial charge in [0.25, 0.3) is 5.69 Å². The number of anilines is 1. The first-order chi connectivity index (χ1) is 9.56. The third kappa shape index (κ3) is 3.53. The van der Waals surface area contributed by atoms with E-state index in [2.05, 4.69) is 15.4 Å². The molecule has 0 fully saturated rings. The Balaban J connectivity index is 1.82. The minimum atomic E-state index is -0.424. The normalized spacial score (nSPS) is 10.5. The molecular weight excluding hydrogens is 258 g/mol. The number of nitro groups is 1. The Hall–Kier alpha value is -2.44. The first-order valence-electron chi connectivity index (χ1n) is 6.40. The van der Waals surface area contributed by atoms with E-state index in [9.17, 15) is 10.1 Å². The molecule has 0 unspecified atom stereocenters. The molecule has 0 atom stereocenters. The summed E-state index contributed by atoms with van der Waals surface area (Å²) < 4.78 is 1.89. The monoisotopic (exact) mass is 275 g/mol. The largest absolute Gasteiger partial charge is 0.370 e. The van der Waals surface area contributed by atoms with Crippen LogP contribution in [-0.4, -0.2) is 26.2 Å². The van der Waals surface area contributed by atoms with Gasteiger partial charge in [0, 0.05) is 24.8 Å². The van der Waals surface area contributed by atoms with Crippen LogP contribution in [0, 0.1) is 24.0 Å². The first kappa shape index (κ1) is 14.0. The number of aryl methyl sites for hydroxylation is 3. The van der Waals surface area contributed by atoms with E-state index in [1.165, 1.54) is 6.20 Å². The van der Waals surface area contributed by atoms with Gasteiger partial charge in [-0.1, -0.05) is 0 Å². The summed E-state index contributed by atoms with van der Waals surface area (Å²) in [7, 11) is 0. The summed E-state index contributed by atoms with van der Waals surface area (Å²) in [6.07, 6.45) is 6.01. The minimum Gasteiger partial charge on any atom is -0.370 e. The molecular formula is C13H17N5O2. The number of aromatic nitrogens is 3. The fourth-order valence-corrected chi connectivity index (χ4v) is 1.88.